The summed E-state index contributed by atoms with van der Waals surface area (Å²) in [6, 6.07) is 0. The second-order valence-electron chi connectivity index (χ2n) is 21.6. The number of rotatable bonds is 59. The van der Waals surface area contributed by atoms with Crippen LogP contribution in [-0.4, -0.2) is 37.2 Å². The van der Waals surface area contributed by atoms with Crippen molar-refractivity contribution >= 4 is 17.9 Å². The second kappa shape index (κ2) is 67.8. The number of carbonyl (C=O) groups excluding carboxylic acids is 3. The molecule has 0 aliphatic heterocycles. The highest BCUT2D eigenvalue weighted by atomic mass is 16.6. The van der Waals surface area contributed by atoms with Gasteiger partial charge in [-0.25, -0.2) is 0 Å². The summed E-state index contributed by atoms with van der Waals surface area (Å²) in [7, 11) is 0. The van der Waals surface area contributed by atoms with Crippen molar-refractivity contribution in [2.24, 2.45) is 0 Å². The maximum atomic E-state index is 12.9. The van der Waals surface area contributed by atoms with Gasteiger partial charge >= 0.3 is 17.9 Å². The first kappa shape index (κ1) is 76.3. The Morgan fingerprint density at radius 3 is 0.815 bits per heavy atom. The normalized spacial score (nSPS) is 13.1. The van der Waals surface area contributed by atoms with Crippen molar-refractivity contribution in [1.29, 1.82) is 0 Å². The molecule has 0 aliphatic carbocycles. The fourth-order valence-corrected chi connectivity index (χ4v) is 8.90. The highest BCUT2D eigenvalue weighted by Gasteiger charge is 2.19. The number of ether oxygens (including phenoxy) is 3. The Morgan fingerprint density at radius 2 is 0.506 bits per heavy atom. The van der Waals surface area contributed by atoms with Crippen molar-refractivity contribution in [2.75, 3.05) is 13.2 Å². The molecule has 0 bridgehead atoms. The summed E-state index contributed by atoms with van der Waals surface area (Å²) in [4.78, 5) is 38.3. The monoisotopic (exact) mass is 1120 g/mol. The van der Waals surface area contributed by atoms with Crippen LogP contribution < -0.4 is 0 Å². The van der Waals surface area contributed by atoms with Crippen molar-refractivity contribution < 1.29 is 28.6 Å². The van der Waals surface area contributed by atoms with Gasteiger partial charge in [0, 0.05) is 19.3 Å². The summed E-state index contributed by atoms with van der Waals surface area (Å²) >= 11 is 0. The predicted molar refractivity (Wildman–Crippen MR) is 352 cm³/mol. The third-order valence-electron chi connectivity index (χ3n) is 13.8. The van der Waals surface area contributed by atoms with E-state index in [1.54, 1.807) is 0 Å². The van der Waals surface area contributed by atoms with Crippen LogP contribution in [0.5, 0.6) is 0 Å². The molecule has 0 spiro atoms. The van der Waals surface area contributed by atoms with E-state index >= 15 is 0 Å². The Hall–Kier alpha value is -4.71. The Bertz CT molecular complexity index is 1760. The van der Waals surface area contributed by atoms with Gasteiger partial charge in [-0.3, -0.25) is 14.4 Å². The van der Waals surface area contributed by atoms with Crippen molar-refractivity contribution in [3.8, 4) is 0 Å². The molecule has 6 heteroatoms. The molecule has 0 amide bonds. The van der Waals surface area contributed by atoms with E-state index in [0.717, 1.165) is 116 Å². The van der Waals surface area contributed by atoms with E-state index < -0.39 is 12.1 Å². The average molecular weight is 1120 g/mol. The molecule has 81 heavy (non-hydrogen) atoms. The first-order valence-corrected chi connectivity index (χ1v) is 33.3. The maximum Gasteiger partial charge on any atom is 0.306 e. The molecule has 0 aromatic rings. The lowest BCUT2D eigenvalue weighted by atomic mass is 10.0. The van der Waals surface area contributed by atoms with Crippen molar-refractivity contribution in [2.45, 2.75) is 297 Å². The topological polar surface area (TPSA) is 78.9 Å². The van der Waals surface area contributed by atoms with Crippen LogP contribution in [0.3, 0.4) is 0 Å². The van der Waals surface area contributed by atoms with Crippen molar-refractivity contribution in [3.63, 3.8) is 0 Å². The van der Waals surface area contributed by atoms with Gasteiger partial charge in [0.05, 0.1) is 0 Å². The van der Waals surface area contributed by atoms with E-state index in [0.29, 0.717) is 19.3 Å². The zero-order chi connectivity index (χ0) is 58.5. The van der Waals surface area contributed by atoms with Crippen LogP contribution in [-0.2, 0) is 28.6 Å². The molecule has 1 atom stereocenters. The molecular weight excluding hydrogens is 997 g/mol. The lowest BCUT2D eigenvalue weighted by Gasteiger charge is -2.18. The maximum absolute atomic E-state index is 12.9. The molecule has 0 heterocycles. The van der Waals surface area contributed by atoms with Gasteiger partial charge in [-0.15, -0.1) is 0 Å². The number of unbranched alkanes of at least 4 members (excludes halogenated alkanes) is 24. The first-order valence-electron chi connectivity index (χ1n) is 33.3. The first-order chi connectivity index (χ1) is 40.0. The van der Waals surface area contributed by atoms with E-state index in [9.17, 15) is 14.4 Å². The average Bonchev–Trinajstić information content (AvgIpc) is 3.46. The van der Waals surface area contributed by atoms with Crippen molar-refractivity contribution in [3.05, 3.63) is 146 Å². The van der Waals surface area contributed by atoms with Crippen LogP contribution in [0.4, 0.5) is 0 Å². The minimum atomic E-state index is -0.837. The van der Waals surface area contributed by atoms with Crippen molar-refractivity contribution in [1.82, 2.24) is 0 Å². The standard InChI is InChI=1S/C75H122O6/c1-4-7-10-13-16-19-22-25-27-29-31-32-33-34-35-36-37-38-39-40-41-42-44-45-47-50-53-56-59-62-65-68-74(77)80-71-72(70-79-73(76)67-64-61-58-55-52-49-24-21-18-15-12-9-6-3)81-75(78)69-66-63-60-57-54-51-48-46-43-30-28-26-23-20-17-14-11-8-5-2/h8-9,11-12,17-18,20-22,25-26,28-29,31,33-34,43,46,49,51-52,54,60,63,72H,4-7,10,13-16,19,23-24,27,30,32,35-42,44-45,47-48,50,53,55-59,61-62,64-71H2,1-3H3/b11-8-,12-9-,20-17-,21-18-,25-22-,28-26-,31-29-,34-33-,46-43-,52-49-,54-51-,63-60-. The summed E-state index contributed by atoms with van der Waals surface area (Å²) in [5.74, 6) is -1.04. The molecule has 0 saturated heterocycles. The smallest absolute Gasteiger partial charge is 0.306 e. The molecule has 0 N–H and O–H groups in total. The SMILES string of the molecule is CC/C=C\C/C=C\C/C=C\C/C=C\C/C=C\C/C=C\CCC(=O)OC(COC(=O)CCCCC/C=C\C/C=C\C/C=C\CC)COC(=O)CCCCCCCCCCCCCCCCCC/C=C\C/C=C\C/C=C\CCCCCCC. The van der Waals surface area contributed by atoms with Gasteiger partial charge in [-0.05, 0) is 128 Å². The highest BCUT2D eigenvalue weighted by Crippen LogP contribution is 2.16. The third kappa shape index (κ3) is 66.0. The quantitative estimate of drug-likeness (QED) is 0.0261. The molecule has 6 nitrogen and oxygen atoms in total. The molecule has 0 aromatic heterocycles. The molecule has 0 aromatic carbocycles. The van der Waals surface area contributed by atoms with Gasteiger partial charge in [0.1, 0.15) is 13.2 Å². The van der Waals surface area contributed by atoms with E-state index in [2.05, 4.69) is 154 Å². The molecule has 1 unspecified atom stereocenters. The second-order valence-corrected chi connectivity index (χ2v) is 21.6. The Labute approximate surface area is 499 Å². The molecule has 0 fully saturated rings. The van der Waals surface area contributed by atoms with Crippen LogP contribution in [0, 0.1) is 0 Å². The van der Waals surface area contributed by atoms with Gasteiger partial charge < -0.3 is 14.2 Å². The van der Waals surface area contributed by atoms with Crippen LogP contribution >= 0.6 is 0 Å². The molecule has 0 rings (SSSR count). The molecule has 0 aliphatic rings. The molecule has 458 valence electrons. The summed E-state index contributed by atoms with van der Waals surface area (Å²) in [5.41, 5.74) is 0. The van der Waals surface area contributed by atoms with E-state index in [1.807, 2.05) is 12.2 Å². The van der Waals surface area contributed by atoms with Gasteiger partial charge in [-0.2, -0.15) is 0 Å². The molecule has 0 saturated carbocycles. The Kier molecular flexibility index (Phi) is 63.9. The summed E-state index contributed by atoms with van der Waals surface area (Å²) < 4.78 is 16.8. The van der Waals surface area contributed by atoms with Gasteiger partial charge in [0.2, 0.25) is 0 Å². The van der Waals surface area contributed by atoms with E-state index in [4.69, 9.17) is 14.2 Å². The van der Waals surface area contributed by atoms with E-state index in [-0.39, 0.29) is 31.6 Å². The van der Waals surface area contributed by atoms with Gasteiger partial charge in [0.15, 0.2) is 6.10 Å². The van der Waals surface area contributed by atoms with Gasteiger partial charge in [0.25, 0.3) is 0 Å². The fourth-order valence-electron chi connectivity index (χ4n) is 8.90. The minimum absolute atomic E-state index is 0.121. The number of allylic oxidation sites excluding steroid dienone is 24. The fraction of sp³-hybridized carbons (Fsp3) is 0.640. The third-order valence-corrected chi connectivity index (χ3v) is 13.8. The van der Waals surface area contributed by atoms with Crippen LogP contribution in [0.25, 0.3) is 0 Å². The number of esters is 3. The summed E-state index contributed by atoms with van der Waals surface area (Å²) in [6.07, 6.45) is 97.5. The number of carbonyl (C=O) groups is 3. The lowest BCUT2D eigenvalue weighted by molar-refractivity contribution is -0.166. The summed E-state index contributed by atoms with van der Waals surface area (Å²) in [5, 5.41) is 0. The highest BCUT2D eigenvalue weighted by molar-refractivity contribution is 5.71. The predicted octanol–water partition coefficient (Wildman–Crippen LogP) is 23.1. The van der Waals surface area contributed by atoms with E-state index in [1.165, 1.54) is 128 Å². The number of hydrogen-bond donors (Lipinski definition) is 0. The Balaban J connectivity index is 4.33. The minimum Gasteiger partial charge on any atom is -0.462 e. The summed E-state index contributed by atoms with van der Waals surface area (Å²) in [6.45, 7) is 6.32. The zero-order valence-electron chi connectivity index (χ0n) is 52.5. The molecule has 0 radical (unpaired) electrons. The zero-order valence-corrected chi connectivity index (χ0v) is 52.5. The largest absolute Gasteiger partial charge is 0.462 e. The lowest BCUT2D eigenvalue weighted by Crippen LogP contribution is -2.30. The molecular formula is C75H122O6. The van der Waals surface area contributed by atoms with Crippen LogP contribution in [0.2, 0.25) is 0 Å². The Morgan fingerprint density at radius 1 is 0.259 bits per heavy atom. The van der Waals surface area contributed by atoms with Crippen LogP contribution in [0.1, 0.15) is 290 Å². The van der Waals surface area contributed by atoms with Crippen LogP contribution in [0.15, 0.2) is 146 Å². The number of hydrogen-bond acceptors (Lipinski definition) is 6. The van der Waals surface area contributed by atoms with Gasteiger partial charge in [-0.1, -0.05) is 289 Å².